The third kappa shape index (κ3) is 4.67. The van der Waals surface area contributed by atoms with E-state index in [1.54, 1.807) is 6.92 Å². The summed E-state index contributed by atoms with van der Waals surface area (Å²) in [5.74, 6) is 0.262. The van der Waals surface area contributed by atoms with E-state index in [0.29, 0.717) is 0 Å². The molecule has 1 rings (SSSR count). The number of ketones is 1. The molecular weight excluding hydrogens is 258 g/mol. The van der Waals surface area contributed by atoms with Crippen LogP contribution in [0.25, 0.3) is 0 Å². The molecule has 0 aliphatic rings. The fourth-order valence-electron chi connectivity index (χ4n) is 2.73. The predicted octanol–water partition coefficient (Wildman–Crippen LogP) is 4.73. The molecule has 21 heavy (non-hydrogen) atoms. The van der Waals surface area contributed by atoms with Crippen molar-refractivity contribution in [3.05, 3.63) is 35.4 Å². The van der Waals surface area contributed by atoms with Crippen molar-refractivity contribution in [3.8, 4) is 0 Å². The summed E-state index contributed by atoms with van der Waals surface area (Å²) in [5, 5.41) is 0. The Morgan fingerprint density at radius 3 is 2.10 bits per heavy atom. The zero-order valence-electron chi connectivity index (χ0n) is 14.7. The molecule has 1 aromatic carbocycles. The number of carbonyl (C=O) groups excluding carboxylic acids is 1. The van der Waals surface area contributed by atoms with Crippen LogP contribution in [0.15, 0.2) is 24.3 Å². The highest BCUT2D eigenvalue weighted by atomic mass is 16.1. The molecule has 1 aromatic rings. The molecule has 2 nitrogen and oxygen atoms in total. The Balaban J connectivity index is 2.91. The predicted molar refractivity (Wildman–Crippen MR) is 90.7 cm³/mol. The summed E-state index contributed by atoms with van der Waals surface area (Å²) in [7, 11) is 2.06. The maximum absolute atomic E-state index is 11.9. The molecule has 0 saturated heterocycles. The summed E-state index contributed by atoms with van der Waals surface area (Å²) < 4.78 is 0. The lowest BCUT2D eigenvalue weighted by atomic mass is 9.86. The Hall–Kier alpha value is -1.15. The normalized spacial score (nSPS) is 15.0. The summed E-state index contributed by atoms with van der Waals surface area (Å²) in [6, 6.07) is 9.09. The number of hydrogen-bond donors (Lipinski definition) is 0. The van der Waals surface area contributed by atoms with E-state index >= 15 is 0 Å². The minimum atomic E-state index is 0.0206. The van der Waals surface area contributed by atoms with Gasteiger partial charge in [0.1, 0.15) is 5.78 Å². The summed E-state index contributed by atoms with van der Waals surface area (Å²) in [5.41, 5.74) is 2.79. The van der Waals surface area contributed by atoms with Gasteiger partial charge in [0, 0.05) is 6.04 Å². The summed E-state index contributed by atoms with van der Waals surface area (Å²) in [4.78, 5) is 14.1. The average molecular weight is 289 g/mol. The van der Waals surface area contributed by atoms with Crippen LogP contribution in [0.3, 0.4) is 0 Å². The average Bonchev–Trinajstić information content (AvgIpc) is 2.42. The fourth-order valence-corrected chi connectivity index (χ4v) is 2.73. The third-order valence-corrected chi connectivity index (χ3v) is 4.39. The molecule has 0 N–H and O–H groups in total. The van der Waals surface area contributed by atoms with Crippen molar-refractivity contribution in [2.45, 2.75) is 71.9 Å². The van der Waals surface area contributed by atoms with Gasteiger partial charge in [-0.3, -0.25) is 9.69 Å². The monoisotopic (exact) mass is 289 g/mol. The van der Waals surface area contributed by atoms with Gasteiger partial charge >= 0.3 is 0 Å². The largest absolute Gasteiger partial charge is 0.298 e. The molecule has 0 aliphatic carbocycles. The number of Topliss-reactive ketones (excluding diaryl/α,β-unsaturated/α-hetero) is 1. The van der Waals surface area contributed by atoms with Gasteiger partial charge in [-0.1, -0.05) is 58.4 Å². The van der Waals surface area contributed by atoms with E-state index in [1.165, 1.54) is 11.1 Å². The van der Waals surface area contributed by atoms with Crippen LogP contribution in [0.4, 0.5) is 0 Å². The minimum absolute atomic E-state index is 0.0206. The Bertz CT molecular complexity index is 455. The number of rotatable bonds is 6. The molecule has 0 radical (unpaired) electrons. The number of likely N-dealkylation sites (N-methyl/N-ethyl adjacent to an activating group) is 1. The first-order valence-corrected chi connectivity index (χ1v) is 8.01. The highest BCUT2D eigenvalue weighted by Gasteiger charge is 2.24. The molecule has 0 bridgehead atoms. The Labute approximate surface area is 130 Å². The number of nitrogens with zero attached hydrogens (tertiary/aromatic N) is 1. The third-order valence-electron chi connectivity index (χ3n) is 4.39. The van der Waals surface area contributed by atoms with Crippen LogP contribution in [-0.4, -0.2) is 23.8 Å². The Kier molecular flexibility index (Phi) is 6.15. The summed E-state index contributed by atoms with van der Waals surface area (Å²) >= 11 is 0. The van der Waals surface area contributed by atoms with Gasteiger partial charge in [-0.05, 0) is 43.9 Å². The fraction of sp³-hybridized carbons (Fsp3) is 0.632. The Morgan fingerprint density at radius 1 is 1.19 bits per heavy atom. The van der Waals surface area contributed by atoms with E-state index in [2.05, 4.69) is 70.8 Å². The lowest BCUT2D eigenvalue weighted by Crippen LogP contribution is -2.38. The second-order valence-corrected chi connectivity index (χ2v) is 7.13. The van der Waals surface area contributed by atoms with Gasteiger partial charge in [-0.2, -0.15) is 0 Å². The molecular formula is C19H31NO. The second-order valence-electron chi connectivity index (χ2n) is 7.13. The van der Waals surface area contributed by atoms with Crippen LogP contribution >= 0.6 is 0 Å². The second kappa shape index (κ2) is 7.22. The van der Waals surface area contributed by atoms with Crippen LogP contribution in [-0.2, 0) is 10.2 Å². The standard InChI is InChI=1S/C19H31NO/c1-8-9-18(15(3)21)20(7)14(2)16-10-12-17(13-11-16)19(4,5)6/h10-14,18H,8-9H2,1-7H3/t14-,18+/m1/s1. The SMILES string of the molecule is CCC[C@@H](C(C)=O)N(C)[C@H](C)c1ccc(C(C)(C)C)cc1. The molecule has 0 spiro atoms. The van der Waals surface area contributed by atoms with E-state index in [1.807, 2.05) is 0 Å². The van der Waals surface area contributed by atoms with Crippen molar-refractivity contribution in [1.82, 2.24) is 4.90 Å². The molecule has 0 amide bonds. The van der Waals surface area contributed by atoms with Crippen molar-refractivity contribution < 1.29 is 4.79 Å². The van der Waals surface area contributed by atoms with Gasteiger partial charge in [-0.25, -0.2) is 0 Å². The molecule has 0 aliphatic heterocycles. The highest BCUT2D eigenvalue weighted by Crippen LogP contribution is 2.27. The first-order valence-electron chi connectivity index (χ1n) is 8.01. The maximum Gasteiger partial charge on any atom is 0.146 e. The first-order chi connectivity index (χ1) is 9.68. The van der Waals surface area contributed by atoms with Crippen molar-refractivity contribution in [2.24, 2.45) is 0 Å². The van der Waals surface area contributed by atoms with E-state index < -0.39 is 0 Å². The highest BCUT2D eigenvalue weighted by molar-refractivity contribution is 5.81. The van der Waals surface area contributed by atoms with Crippen LogP contribution in [0, 0.1) is 0 Å². The molecule has 0 unspecified atom stereocenters. The van der Waals surface area contributed by atoms with Crippen molar-refractivity contribution >= 4 is 5.78 Å². The zero-order chi connectivity index (χ0) is 16.2. The minimum Gasteiger partial charge on any atom is -0.298 e. The van der Waals surface area contributed by atoms with Gasteiger partial charge in [0.05, 0.1) is 6.04 Å². The van der Waals surface area contributed by atoms with E-state index in [9.17, 15) is 4.79 Å². The van der Waals surface area contributed by atoms with Crippen LogP contribution in [0.5, 0.6) is 0 Å². The van der Waals surface area contributed by atoms with Gasteiger partial charge in [-0.15, -0.1) is 0 Å². The topological polar surface area (TPSA) is 20.3 Å². The molecule has 0 fully saturated rings. The molecule has 0 heterocycles. The Morgan fingerprint density at radius 2 is 1.71 bits per heavy atom. The molecule has 0 aromatic heterocycles. The van der Waals surface area contributed by atoms with Gasteiger partial charge in [0.15, 0.2) is 0 Å². The van der Waals surface area contributed by atoms with Gasteiger partial charge in [0.2, 0.25) is 0 Å². The zero-order valence-corrected chi connectivity index (χ0v) is 14.7. The smallest absolute Gasteiger partial charge is 0.146 e. The maximum atomic E-state index is 11.9. The lowest BCUT2D eigenvalue weighted by Gasteiger charge is -2.32. The van der Waals surface area contributed by atoms with E-state index in [4.69, 9.17) is 0 Å². The lowest BCUT2D eigenvalue weighted by molar-refractivity contribution is -0.122. The number of carbonyl (C=O) groups is 1. The van der Waals surface area contributed by atoms with Crippen LogP contribution in [0.1, 0.15) is 71.6 Å². The number of hydrogen-bond acceptors (Lipinski definition) is 2. The number of benzene rings is 1. The van der Waals surface area contributed by atoms with Crippen molar-refractivity contribution in [1.29, 1.82) is 0 Å². The van der Waals surface area contributed by atoms with Gasteiger partial charge < -0.3 is 0 Å². The van der Waals surface area contributed by atoms with E-state index in [0.717, 1.165) is 12.8 Å². The summed E-state index contributed by atoms with van der Waals surface area (Å²) in [6.07, 6.45) is 1.96. The quantitative estimate of drug-likeness (QED) is 0.754. The van der Waals surface area contributed by atoms with Crippen LogP contribution in [0.2, 0.25) is 0 Å². The molecule has 2 heteroatoms. The summed E-state index contributed by atoms with van der Waals surface area (Å²) in [6.45, 7) is 12.7. The van der Waals surface area contributed by atoms with Gasteiger partial charge in [0.25, 0.3) is 0 Å². The molecule has 0 saturated carbocycles. The molecule has 2 atom stereocenters. The van der Waals surface area contributed by atoms with Crippen molar-refractivity contribution in [2.75, 3.05) is 7.05 Å². The van der Waals surface area contributed by atoms with Crippen molar-refractivity contribution in [3.63, 3.8) is 0 Å². The van der Waals surface area contributed by atoms with E-state index in [-0.39, 0.29) is 23.3 Å². The molecule has 118 valence electrons. The van der Waals surface area contributed by atoms with Crippen LogP contribution < -0.4 is 0 Å². The first kappa shape index (κ1) is 17.9.